The Balaban J connectivity index is 0.000000178. The van der Waals surface area contributed by atoms with E-state index in [-0.39, 0.29) is 89.7 Å². The highest BCUT2D eigenvalue weighted by Crippen LogP contribution is 2.43. The maximum absolute atomic E-state index is 13.0. The molecule has 0 bridgehead atoms. The Labute approximate surface area is 650 Å². The number of aryl methyl sites for hydroxylation is 3. The second-order valence-electron chi connectivity index (χ2n) is 28.7. The van der Waals surface area contributed by atoms with Gasteiger partial charge in [0, 0.05) is 136 Å². The molecule has 9 amide bonds. The van der Waals surface area contributed by atoms with Gasteiger partial charge in [-0.1, -0.05) is 18.2 Å². The molecule has 0 radical (unpaired) electrons. The van der Waals surface area contributed by atoms with Crippen LogP contribution in [0.2, 0.25) is 0 Å². The van der Waals surface area contributed by atoms with Crippen LogP contribution in [0.5, 0.6) is 0 Å². The Morgan fingerprint density at radius 1 is 0.509 bits per heavy atom. The molecular formula is C79H95N21O12. The van der Waals surface area contributed by atoms with E-state index in [1.54, 1.807) is 83.5 Å². The molecule has 0 spiro atoms. The van der Waals surface area contributed by atoms with Gasteiger partial charge in [0.25, 0.3) is 0 Å². The van der Waals surface area contributed by atoms with Crippen LogP contribution in [0, 0.1) is 34.0 Å². The standard InChI is InChI=1S/C27H33N7O4.2C26H31N7O4/c1-32-10-11-34(26(36)17-32)16-20-7-9-25(30-23(20)18-35)33(2)27(37)31-24-13-19(21(14-28)15-29-24)6-8-22-5-3-4-12-38-22;1-31-10-11-33(24(35)16-31)15-19-4-5-23(29-21(19)17-34)32(2)25(36)30-22-12-18(20(13-27)14-28-22)6-7-26(37-3)8-9-26;1-31-9-10-33(25(35)16-31)15-19-6-8-24(29-22(19)17-34)32(2)26(36)30-23-12-18(20(13-27)14-28-23)5-7-21-4-3-11-37-21/h7,9,13,15,18,22H,3-6,8,10-12,16-17H2,1-2H3,(H,29,31,37);4-5,12,14,17H,6-11,15-16H2,1-3H3,(H,28,30,36);6,8,12,14,17,21H,3-5,7,9-11,15-16H2,1-2H3,(H,28,30,36). The normalized spacial score (nSPS) is 17.6. The van der Waals surface area contributed by atoms with E-state index in [9.17, 15) is 58.9 Å². The van der Waals surface area contributed by atoms with Gasteiger partial charge in [0.15, 0.2) is 18.9 Å². The van der Waals surface area contributed by atoms with Gasteiger partial charge in [0.1, 0.15) is 70.2 Å². The summed E-state index contributed by atoms with van der Waals surface area (Å²) < 4.78 is 17.0. The Morgan fingerprint density at radius 3 is 1.13 bits per heavy atom. The fourth-order valence-corrected chi connectivity index (χ4v) is 13.5. The molecule has 112 heavy (non-hydrogen) atoms. The lowest BCUT2D eigenvalue weighted by Gasteiger charge is -2.32. The van der Waals surface area contributed by atoms with E-state index in [1.165, 1.54) is 47.4 Å². The maximum atomic E-state index is 13.0. The highest BCUT2D eigenvalue weighted by molar-refractivity contribution is 6.02. The van der Waals surface area contributed by atoms with Gasteiger partial charge in [0.2, 0.25) is 17.7 Å². The quantitative estimate of drug-likeness (QED) is 0.0484. The number of rotatable bonds is 25. The molecule has 6 fully saturated rings. The molecule has 12 rings (SSSR count). The van der Waals surface area contributed by atoms with Crippen LogP contribution < -0.4 is 30.7 Å². The van der Waals surface area contributed by atoms with Crippen LogP contribution in [0.25, 0.3) is 0 Å². The molecule has 33 heteroatoms. The number of hydrogen-bond donors (Lipinski definition) is 3. The maximum Gasteiger partial charge on any atom is 0.328 e. The molecule has 0 aromatic carbocycles. The largest absolute Gasteiger partial charge is 0.378 e. The fraction of sp³-hybridized carbons (Fsp3) is 0.468. The number of likely N-dealkylation sites (N-methyl/N-ethyl adjacent to an activating group) is 3. The first-order valence-corrected chi connectivity index (χ1v) is 37.4. The zero-order valence-corrected chi connectivity index (χ0v) is 64.4. The number of carbonyl (C=O) groups excluding carboxylic acids is 9. The van der Waals surface area contributed by atoms with Gasteiger partial charge in [0.05, 0.1) is 54.1 Å². The smallest absolute Gasteiger partial charge is 0.328 e. The predicted molar refractivity (Wildman–Crippen MR) is 413 cm³/mol. The summed E-state index contributed by atoms with van der Waals surface area (Å²) in [5.41, 5.74) is 6.09. The first kappa shape index (κ1) is 82.8. The number of amides is 9. The summed E-state index contributed by atoms with van der Waals surface area (Å²) >= 11 is 0. The lowest BCUT2D eigenvalue weighted by molar-refractivity contribution is -0.136. The van der Waals surface area contributed by atoms with Gasteiger partial charge < -0.3 is 28.9 Å². The first-order valence-electron chi connectivity index (χ1n) is 37.4. The summed E-state index contributed by atoms with van der Waals surface area (Å²) in [4.78, 5) is 151. The van der Waals surface area contributed by atoms with Crippen LogP contribution in [0.15, 0.2) is 73.2 Å². The number of anilines is 6. The number of methoxy groups -OCH3 is 1. The van der Waals surface area contributed by atoms with E-state index in [1.807, 2.05) is 35.8 Å². The molecule has 588 valence electrons. The molecule has 2 unspecified atom stereocenters. The molecule has 1 saturated carbocycles. The van der Waals surface area contributed by atoms with E-state index >= 15 is 0 Å². The number of carbonyl (C=O) groups is 9. The highest BCUT2D eigenvalue weighted by atomic mass is 16.5. The molecule has 1 aliphatic carbocycles. The molecule has 3 N–H and O–H groups in total. The summed E-state index contributed by atoms with van der Waals surface area (Å²) in [5, 5.41) is 36.6. The van der Waals surface area contributed by atoms with Crippen molar-refractivity contribution in [2.24, 2.45) is 0 Å². The first-order chi connectivity index (χ1) is 54.0. The van der Waals surface area contributed by atoms with E-state index in [0.717, 1.165) is 114 Å². The SMILES string of the molecule is CN1CCN(Cc2ccc(N(C)C(=O)Nc3cc(CCC4CCCCO4)c(C#N)cn3)nc2C=O)C(=O)C1.CN1CCN(Cc2ccc(N(C)C(=O)Nc3cc(CCC4CCCO4)c(C#N)cn3)nc2C=O)C(=O)C1.COC1(CCc2cc(NC(=O)N(C)c3ccc(CN4CCN(C)CC4=O)c(C=O)n3)ncc2C#N)CC1. The minimum absolute atomic E-state index is 0.00303. The Kier molecular flexibility index (Phi) is 29.1. The van der Waals surface area contributed by atoms with Gasteiger partial charge in [-0.3, -0.25) is 74.1 Å². The second-order valence-corrected chi connectivity index (χ2v) is 28.7. The van der Waals surface area contributed by atoms with Crippen molar-refractivity contribution < 1.29 is 57.4 Å². The van der Waals surface area contributed by atoms with Crippen molar-refractivity contribution in [3.63, 3.8) is 0 Å². The number of aromatic nitrogens is 6. The van der Waals surface area contributed by atoms with Crippen LogP contribution in [0.4, 0.5) is 49.3 Å². The van der Waals surface area contributed by atoms with Gasteiger partial charge in [-0.15, -0.1) is 0 Å². The Hall–Kier alpha value is -11.6. The number of hydrogen-bond acceptors (Lipinski definition) is 24. The molecule has 11 heterocycles. The van der Waals surface area contributed by atoms with E-state index in [4.69, 9.17) is 14.2 Å². The molecule has 2 atom stereocenters. The fourth-order valence-electron chi connectivity index (χ4n) is 13.5. The van der Waals surface area contributed by atoms with Crippen LogP contribution in [-0.4, -0.2) is 253 Å². The lowest BCUT2D eigenvalue weighted by Crippen LogP contribution is -2.48. The van der Waals surface area contributed by atoms with Crippen molar-refractivity contribution in [3.05, 3.63) is 140 Å². The van der Waals surface area contributed by atoms with Crippen LogP contribution in [0.1, 0.15) is 146 Å². The van der Waals surface area contributed by atoms with E-state index < -0.39 is 18.1 Å². The summed E-state index contributed by atoms with van der Waals surface area (Å²) in [6.45, 7) is 7.41. The number of nitrogens with one attached hydrogen (secondary N) is 3. The molecule has 5 aliphatic heterocycles. The van der Waals surface area contributed by atoms with E-state index in [0.29, 0.717) is 128 Å². The summed E-state index contributed by atoms with van der Waals surface area (Å²) in [5.74, 6) is 1.77. The zero-order chi connectivity index (χ0) is 80.0. The van der Waals surface area contributed by atoms with Crippen molar-refractivity contribution in [3.8, 4) is 18.2 Å². The van der Waals surface area contributed by atoms with Crippen molar-refractivity contribution in [2.75, 3.05) is 152 Å². The number of aldehydes is 3. The van der Waals surface area contributed by atoms with Crippen LogP contribution >= 0.6 is 0 Å². The summed E-state index contributed by atoms with van der Waals surface area (Å²) in [6, 6.07) is 20.2. The predicted octanol–water partition coefficient (Wildman–Crippen LogP) is 7.03. The van der Waals surface area contributed by atoms with E-state index in [2.05, 4.69) is 64.1 Å². The third-order valence-corrected chi connectivity index (χ3v) is 20.8. The van der Waals surface area contributed by atoms with Gasteiger partial charge in [-0.2, -0.15) is 15.8 Å². The number of ether oxygens (including phenoxy) is 3. The summed E-state index contributed by atoms with van der Waals surface area (Å²) in [6.07, 6.45) is 18.3. The van der Waals surface area contributed by atoms with Crippen LogP contribution in [-0.2, 0) is 67.5 Å². The highest BCUT2D eigenvalue weighted by Gasteiger charge is 2.42. The minimum atomic E-state index is -0.495. The zero-order valence-electron chi connectivity index (χ0n) is 64.4. The van der Waals surface area contributed by atoms with Crippen molar-refractivity contribution >= 4 is 89.6 Å². The van der Waals surface area contributed by atoms with Gasteiger partial charge >= 0.3 is 18.1 Å². The van der Waals surface area contributed by atoms with Crippen molar-refractivity contribution in [1.82, 2.24) is 59.3 Å². The van der Waals surface area contributed by atoms with Crippen molar-refractivity contribution in [2.45, 2.75) is 121 Å². The Bertz CT molecular complexity index is 4560. The minimum Gasteiger partial charge on any atom is -0.378 e. The second kappa shape index (κ2) is 39.3. The third-order valence-electron chi connectivity index (χ3n) is 20.8. The van der Waals surface area contributed by atoms with Crippen molar-refractivity contribution in [1.29, 1.82) is 15.8 Å². The average molecular weight is 1530 g/mol. The third kappa shape index (κ3) is 22.3. The molecular weight excluding hydrogens is 1440 g/mol. The summed E-state index contributed by atoms with van der Waals surface area (Å²) in [7, 11) is 12.0. The average Bonchev–Trinajstić information content (AvgIpc) is 1.57. The number of nitriles is 3. The van der Waals surface area contributed by atoms with Gasteiger partial charge in [-0.25, -0.2) is 44.3 Å². The Morgan fingerprint density at radius 2 is 0.848 bits per heavy atom. The van der Waals surface area contributed by atoms with Crippen LogP contribution in [0.3, 0.4) is 0 Å². The molecule has 6 aromatic rings. The number of piperazine rings is 3. The number of nitrogens with zero attached hydrogens (tertiary/aromatic N) is 18. The molecule has 6 aliphatic rings. The monoisotopic (exact) mass is 1530 g/mol. The molecule has 5 saturated heterocycles. The number of pyridine rings is 6. The number of urea groups is 3. The molecule has 6 aromatic heterocycles. The topological polar surface area (TPSA) is 395 Å². The lowest BCUT2D eigenvalue weighted by atomic mass is 9.99. The molecule has 33 nitrogen and oxygen atoms in total. The van der Waals surface area contributed by atoms with Gasteiger partial charge in [-0.05, 0) is 158 Å².